The maximum Gasteiger partial charge on any atom is 0.260 e. The van der Waals surface area contributed by atoms with Crippen LogP contribution in [0, 0.1) is 5.41 Å². The van der Waals surface area contributed by atoms with Gasteiger partial charge in [-0.05, 0) is 54.4 Å². The summed E-state index contributed by atoms with van der Waals surface area (Å²) in [6.07, 6.45) is 0.941. The average Bonchev–Trinajstić information content (AvgIpc) is 2.87. The van der Waals surface area contributed by atoms with E-state index in [0.29, 0.717) is 62.5 Å². The van der Waals surface area contributed by atoms with Crippen molar-refractivity contribution in [3.63, 3.8) is 0 Å². The first-order chi connectivity index (χ1) is 17.3. The quantitative estimate of drug-likeness (QED) is 0.657. The number of likely N-dealkylation sites (N-methyl/N-ethyl adjacent to an activating group) is 1. The third-order valence-corrected chi connectivity index (χ3v) is 7.95. The molecule has 8 heteroatoms. The van der Waals surface area contributed by atoms with Gasteiger partial charge in [0.05, 0.1) is 12.2 Å². The molecule has 2 aliphatic heterocycles. The van der Waals surface area contributed by atoms with E-state index in [1.54, 1.807) is 18.0 Å². The number of likely N-dealkylation sites (tertiary alicyclic amines) is 1. The van der Waals surface area contributed by atoms with Crippen molar-refractivity contribution in [3.8, 4) is 5.75 Å². The highest BCUT2D eigenvalue weighted by molar-refractivity contribution is 6.31. The van der Waals surface area contributed by atoms with Crippen LogP contribution in [0.25, 0.3) is 0 Å². The second kappa shape index (κ2) is 11.6. The van der Waals surface area contributed by atoms with Crippen molar-refractivity contribution in [2.75, 3.05) is 33.3 Å². The number of nitrogens with zero attached hydrogens (tertiary/aromatic N) is 2. The number of benzene rings is 2. The number of carbonyl (C=O) groups is 2. The Morgan fingerprint density at radius 1 is 1.08 bits per heavy atom. The molecular formula is C28H35ClN2O5. The van der Waals surface area contributed by atoms with E-state index in [1.807, 2.05) is 47.4 Å². The molecule has 7 nitrogen and oxygen atoms in total. The summed E-state index contributed by atoms with van der Waals surface area (Å²) in [6, 6.07) is 14.8. The van der Waals surface area contributed by atoms with Crippen LogP contribution in [0.4, 0.5) is 0 Å². The fraction of sp³-hybridized carbons (Fsp3) is 0.500. The van der Waals surface area contributed by atoms with E-state index in [9.17, 15) is 19.8 Å². The van der Waals surface area contributed by atoms with E-state index < -0.39 is 17.6 Å². The Labute approximate surface area is 217 Å². The molecule has 194 valence electrons. The second-order valence-electron chi connectivity index (χ2n) is 10.2. The molecule has 0 aliphatic carbocycles. The van der Waals surface area contributed by atoms with Gasteiger partial charge in [-0.15, -0.1) is 0 Å². The molecular weight excluding hydrogens is 480 g/mol. The fourth-order valence-corrected chi connectivity index (χ4v) is 5.58. The number of amides is 2. The molecule has 1 fully saturated rings. The lowest BCUT2D eigenvalue weighted by Gasteiger charge is -2.45. The largest absolute Gasteiger partial charge is 0.483 e. The molecule has 36 heavy (non-hydrogen) atoms. The van der Waals surface area contributed by atoms with E-state index in [0.717, 1.165) is 11.1 Å². The maximum atomic E-state index is 12.9. The molecule has 2 amide bonds. The van der Waals surface area contributed by atoms with Gasteiger partial charge in [0.1, 0.15) is 5.75 Å². The van der Waals surface area contributed by atoms with Gasteiger partial charge in [0, 0.05) is 44.5 Å². The smallest absolute Gasteiger partial charge is 0.260 e. The lowest BCUT2D eigenvalue weighted by Crippen LogP contribution is -2.51. The summed E-state index contributed by atoms with van der Waals surface area (Å²) in [7, 11) is 1.75. The van der Waals surface area contributed by atoms with Crippen LogP contribution in [0.3, 0.4) is 0 Å². The third-order valence-electron chi connectivity index (χ3n) is 7.58. The lowest BCUT2D eigenvalue weighted by atomic mass is 9.72. The predicted molar refractivity (Wildman–Crippen MR) is 138 cm³/mol. The molecule has 4 rings (SSSR count). The summed E-state index contributed by atoms with van der Waals surface area (Å²) < 4.78 is 5.78. The molecule has 2 aliphatic rings. The number of para-hydroxylation sites is 1. The van der Waals surface area contributed by atoms with Crippen LogP contribution in [0.5, 0.6) is 5.75 Å². The van der Waals surface area contributed by atoms with Crippen molar-refractivity contribution < 1.29 is 24.5 Å². The minimum absolute atomic E-state index is 0.0768. The summed E-state index contributed by atoms with van der Waals surface area (Å²) >= 11 is 6.24. The number of carbonyl (C=O) groups excluding carboxylic acids is 2. The Bertz CT molecular complexity index is 1070. The van der Waals surface area contributed by atoms with Crippen LogP contribution in [0.1, 0.15) is 36.8 Å². The first-order valence-corrected chi connectivity index (χ1v) is 13.0. The van der Waals surface area contributed by atoms with Crippen molar-refractivity contribution >= 4 is 23.4 Å². The van der Waals surface area contributed by atoms with Gasteiger partial charge < -0.3 is 24.7 Å². The predicted octanol–water partition coefficient (Wildman–Crippen LogP) is 3.09. The SMILES string of the molecule is CN1CC2(CCN(C(=O)CCc3ccccc3Cl)CC2)C[C@@H](O)[C@@H](O)Cc2ccccc2OCC1=O. The van der Waals surface area contributed by atoms with E-state index >= 15 is 0 Å². The van der Waals surface area contributed by atoms with E-state index in [1.165, 1.54) is 0 Å². The standard InChI is InChI=1S/C28H35ClN2O5/c1-30-19-28(12-14-31(15-13-28)26(34)11-10-20-6-2-4-8-22(20)29)17-24(33)23(32)16-21-7-3-5-9-25(21)36-18-27(30)35/h2-9,23-24,32-33H,10-19H2,1H3/t23-,24+/m0/s1. The van der Waals surface area contributed by atoms with Crippen LogP contribution in [0.15, 0.2) is 48.5 Å². The van der Waals surface area contributed by atoms with Crippen LogP contribution in [-0.4, -0.2) is 77.3 Å². The fourth-order valence-electron chi connectivity index (χ4n) is 5.35. The molecule has 1 saturated heterocycles. The van der Waals surface area contributed by atoms with Gasteiger partial charge in [0.25, 0.3) is 5.91 Å². The molecule has 0 radical (unpaired) electrons. The Morgan fingerprint density at radius 3 is 2.53 bits per heavy atom. The number of aliphatic hydroxyl groups excluding tert-OH is 2. The van der Waals surface area contributed by atoms with Crippen molar-refractivity contribution in [1.29, 1.82) is 0 Å². The first-order valence-electron chi connectivity index (χ1n) is 12.6. The average molecular weight is 515 g/mol. The van der Waals surface area contributed by atoms with E-state index in [4.69, 9.17) is 16.3 Å². The molecule has 0 unspecified atom stereocenters. The highest BCUT2D eigenvalue weighted by Crippen LogP contribution is 2.38. The van der Waals surface area contributed by atoms with Gasteiger partial charge in [-0.25, -0.2) is 0 Å². The topological polar surface area (TPSA) is 90.3 Å². The van der Waals surface area contributed by atoms with Crippen molar-refractivity contribution in [3.05, 3.63) is 64.7 Å². The number of aryl methyl sites for hydroxylation is 1. The molecule has 2 atom stereocenters. The molecule has 0 aromatic heterocycles. The Morgan fingerprint density at radius 2 is 1.78 bits per heavy atom. The summed E-state index contributed by atoms with van der Waals surface area (Å²) in [5.41, 5.74) is 1.32. The molecule has 0 bridgehead atoms. The van der Waals surface area contributed by atoms with Crippen molar-refractivity contribution in [2.45, 2.75) is 50.7 Å². The summed E-state index contributed by atoms with van der Waals surface area (Å²) in [5.74, 6) is 0.482. The third kappa shape index (κ3) is 6.38. The van der Waals surface area contributed by atoms with Gasteiger partial charge in [-0.2, -0.15) is 0 Å². The summed E-state index contributed by atoms with van der Waals surface area (Å²) in [4.78, 5) is 29.3. The molecule has 1 spiro atoms. The summed E-state index contributed by atoms with van der Waals surface area (Å²) in [5, 5.41) is 22.5. The number of halogens is 1. The Balaban J connectivity index is 1.43. The second-order valence-corrected chi connectivity index (χ2v) is 10.6. The lowest BCUT2D eigenvalue weighted by molar-refractivity contribution is -0.139. The molecule has 2 N–H and O–H groups in total. The Hall–Kier alpha value is -2.61. The van der Waals surface area contributed by atoms with Crippen LogP contribution in [-0.2, 0) is 22.4 Å². The van der Waals surface area contributed by atoms with Crippen molar-refractivity contribution in [1.82, 2.24) is 9.80 Å². The number of hydrogen-bond acceptors (Lipinski definition) is 5. The number of ether oxygens (including phenoxy) is 1. The zero-order valence-electron chi connectivity index (χ0n) is 20.7. The van der Waals surface area contributed by atoms with Crippen LogP contribution >= 0.6 is 11.6 Å². The van der Waals surface area contributed by atoms with Gasteiger partial charge >= 0.3 is 0 Å². The van der Waals surface area contributed by atoms with Gasteiger partial charge in [-0.1, -0.05) is 48.0 Å². The normalized spacial score (nSPS) is 22.8. The number of rotatable bonds is 3. The zero-order valence-corrected chi connectivity index (χ0v) is 21.5. The number of hydrogen-bond donors (Lipinski definition) is 2. The maximum absolute atomic E-state index is 12.9. The molecule has 2 aromatic carbocycles. The van der Waals surface area contributed by atoms with Gasteiger partial charge in [-0.3, -0.25) is 9.59 Å². The molecule has 2 aromatic rings. The minimum atomic E-state index is -0.956. The first kappa shape index (κ1) is 26.5. The molecule has 0 saturated carbocycles. The Kier molecular flexibility index (Phi) is 8.54. The van der Waals surface area contributed by atoms with Crippen LogP contribution < -0.4 is 4.74 Å². The highest BCUT2D eigenvalue weighted by atomic mass is 35.5. The zero-order chi connectivity index (χ0) is 25.7. The summed E-state index contributed by atoms with van der Waals surface area (Å²) in [6.45, 7) is 1.44. The number of piperidine rings is 1. The van der Waals surface area contributed by atoms with Gasteiger partial charge in [0.15, 0.2) is 6.61 Å². The monoisotopic (exact) mass is 514 g/mol. The number of aliphatic hydroxyl groups is 2. The minimum Gasteiger partial charge on any atom is -0.483 e. The van der Waals surface area contributed by atoms with Crippen molar-refractivity contribution in [2.24, 2.45) is 5.41 Å². The van der Waals surface area contributed by atoms with Gasteiger partial charge in [0.2, 0.25) is 5.91 Å². The van der Waals surface area contributed by atoms with E-state index in [-0.39, 0.29) is 24.8 Å². The highest BCUT2D eigenvalue weighted by Gasteiger charge is 2.40. The number of fused-ring (bicyclic) bond motifs is 1. The molecule has 2 heterocycles. The van der Waals surface area contributed by atoms with E-state index in [2.05, 4.69) is 0 Å². The van der Waals surface area contributed by atoms with Crippen LogP contribution in [0.2, 0.25) is 5.02 Å².